The summed E-state index contributed by atoms with van der Waals surface area (Å²) in [6.45, 7) is 0.140. The molecule has 5 nitrogen and oxygen atoms in total. The molecule has 0 aromatic carbocycles. The van der Waals surface area contributed by atoms with Gasteiger partial charge in [0, 0.05) is 0 Å². The van der Waals surface area contributed by atoms with Crippen molar-refractivity contribution in [2.24, 2.45) is 10.7 Å². The molecule has 1 aliphatic rings. The summed E-state index contributed by atoms with van der Waals surface area (Å²) in [7, 11) is 0. The molecule has 2 atom stereocenters. The Labute approximate surface area is 58.6 Å². The van der Waals surface area contributed by atoms with Crippen LogP contribution in [-0.2, 0) is 0 Å². The van der Waals surface area contributed by atoms with Crippen molar-refractivity contribution in [3.63, 3.8) is 0 Å². The van der Waals surface area contributed by atoms with E-state index in [0.717, 1.165) is 0 Å². The summed E-state index contributed by atoms with van der Waals surface area (Å²) < 4.78 is 0. The Bertz CT molecular complexity index is 148. The molecule has 0 bridgehead atoms. The molecule has 1 rings (SSSR count). The third-order valence-electron chi connectivity index (χ3n) is 1.44. The minimum Gasteiger partial charge on any atom is -0.394 e. The molecular formula is C5H11N3O2. The monoisotopic (exact) mass is 145 g/mol. The van der Waals surface area contributed by atoms with E-state index in [1.165, 1.54) is 0 Å². The highest BCUT2D eigenvalue weighted by molar-refractivity contribution is 5.78. The number of aliphatic imine (C=N–C) groups is 1. The van der Waals surface area contributed by atoms with Gasteiger partial charge in [0.25, 0.3) is 0 Å². The maximum Gasteiger partial charge on any atom is 0.189 e. The number of rotatable bonds is 1. The van der Waals surface area contributed by atoms with Gasteiger partial charge in [-0.25, -0.2) is 0 Å². The minimum absolute atomic E-state index is 0.128. The van der Waals surface area contributed by atoms with E-state index in [4.69, 9.17) is 15.9 Å². The van der Waals surface area contributed by atoms with E-state index >= 15 is 0 Å². The molecule has 1 aliphatic heterocycles. The maximum atomic E-state index is 9.10. The van der Waals surface area contributed by atoms with Gasteiger partial charge in [-0.1, -0.05) is 0 Å². The maximum absolute atomic E-state index is 9.10. The van der Waals surface area contributed by atoms with Gasteiger partial charge in [-0.3, -0.25) is 4.99 Å². The predicted octanol–water partition coefficient (Wildman–Crippen LogP) is -2.37. The zero-order chi connectivity index (χ0) is 7.56. The molecular weight excluding hydrogens is 134 g/mol. The molecule has 0 unspecified atom stereocenters. The Hall–Kier alpha value is -0.810. The Balaban J connectivity index is 2.53. The van der Waals surface area contributed by atoms with Crippen LogP contribution in [0.5, 0.6) is 0 Å². The summed E-state index contributed by atoms with van der Waals surface area (Å²) in [6.07, 6.45) is -0.628. The largest absolute Gasteiger partial charge is 0.394 e. The van der Waals surface area contributed by atoms with E-state index in [1.54, 1.807) is 0 Å². The smallest absolute Gasteiger partial charge is 0.189 e. The van der Waals surface area contributed by atoms with Crippen LogP contribution in [-0.4, -0.2) is 41.5 Å². The lowest BCUT2D eigenvalue weighted by molar-refractivity contribution is 0.100. The normalized spacial score (nSPS) is 32.8. The lowest BCUT2D eigenvalue weighted by atomic mass is 10.1. The van der Waals surface area contributed by atoms with Crippen LogP contribution in [0.3, 0.4) is 0 Å². The number of nitrogens with two attached hydrogens (primary N) is 1. The quantitative estimate of drug-likeness (QED) is 0.332. The van der Waals surface area contributed by atoms with Crippen LogP contribution in [0.2, 0.25) is 0 Å². The lowest BCUT2D eigenvalue weighted by Crippen LogP contribution is -2.53. The van der Waals surface area contributed by atoms with Crippen molar-refractivity contribution in [3.8, 4) is 0 Å². The second-order valence-electron chi connectivity index (χ2n) is 2.23. The second-order valence-corrected chi connectivity index (χ2v) is 2.23. The molecule has 0 fully saturated rings. The number of nitrogens with one attached hydrogen (secondary N) is 1. The molecule has 0 aromatic heterocycles. The third kappa shape index (κ3) is 1.37. The number of aliphatic hydroxyl groups excluding tert-OH is 2. The summed E-state index contributed by atoms with van der Waals surface area (Å²) in [5.41, 5.74) is 5.28. The average Bonchev–Trinajstić information content (AvgIpc) is 1.94. The topological polar surface area (TPSA) is 90.9 Å². The van der Waals surface area contributed by atoms with Gasteiger partial charge in [0.2, 0.25) is 0 Å². The highest BCUT2D eigenvalue weighted by Gasteiger charge is 2.21. The standard InChI is InChI=1S/C5H11N3O2/c6-5-7-1-4(10)3(2-9)8-5/h3-4,9-10H,1-2H2,(H3,6,7,8)/t3-,4+/m1/s1. The van der Waals surface area contributed by atoms with E-state index in [1.807, 2.05) is 0 Å². The molecule has 58 valence electrons. The summed E-state index contributed by atoms with van der Waals surface area (Å²) in [4.78, 5) is 3.73. The zero-order valence-corrected chi connectivity index (χ0v) is 5.49. The van der Waals surface area contributed by atoms with Crippen LogP contribution < -0.4 is 11.1 Å². The Morgan fingerprint density at radius 1 is 1.80 bits per heavy atom. The van der Waals surface area contributed by atoms with E-state index in [0.29, 0.717) is 0 Å². The van der Waals surface area contributed by atoms with Crippen molar-refractivity contribution in [2.45, 2.75) is 12.1 Å². The second kappa shape index (κ2) is 2.85. The number of hydrogen-bond donors (Lipinski definition) is 4. The molecule has 10 heavy (non-hydrogen) atoms. The molecule has 0 saturated carbocycles. The number of nitrogens with zero attached hydrogens (tertiary/aromatic N) is 1. The Morgan fingerprint density at radius 3 is 3.00 bits per heavy atom. The highest BCUT2D eigenvalue weighted by atomic mass is 16.3. The van der Waals surface area contributed by atoms with Crippen LogP contribution in [0, 0.1) is 0 Å². The van der Waals surface area contributed by atoms with Crippen LogP contribution in [0.25, 0.3) is 0 Å². The van der Waals surface area contributed by atoms with Crippen molar-refractivity contribution >= 4 is 5.96 Å². The van der Waals surface area contributed by atoms with Gasteiger partial charge in [-0.15, -0.1) is 0 Å². The van der Waals surface area contributed by atoms with Crippen LogP contribution in [0.15, 0.2) is 4.99 Å². The van der Waals surface area contributed by atoms with Gasteiger partial charge in [-0.05, 0) is 0 Å². The molecule has 5 heteroatoms. The summed E-state index contributed by atoms with van der Waals surface area (Å²) in [5, 5.41) is 20.4. The first-order valence-electron chi connectivity index (χ1n) is 3.09. The van der Waals surface area contributed by atoms with Gasteiger partial charge < -0.3 is 21.3 Å². The summed E-state index contributed by atoms with van der Waals surface area (Å²) in [5.74, 6) is 0.282. The van der Waals surface area contributed by atoms with Crippen LogP contribution >= 0.6 is 0 Å². The van der Waals surface area contributed by atoms with E-state index in [-0.39, 0.29) is 25.2 Å². The first kappa shape index (κ1) is 7.30. The first-order valence-corrected chi connectivity index (χ1v) is 3.09. The van der Waals surface area contributed by atoms with E-state index in [2.05, 4.69) is 10.3 Å². The van der Waals surface area contributed by atoms with E-state index in [9.17, 15) is 0 Å². The SMILES string of the molecule is NC1=NC[C@H](O)[C@@H](CO)N1. The van der Waals surface area contributed by atoms with Gasteiger partial charge in [0.1, 0.15) is 0 Å². The Kier molecular flexibility index (Phi) is 2.08. The molecule has 0 spiro atoms. The summed E-state index contributed by atoms with van der Waals surface area (Å²) in [6, 6.07) is -0.363. The first-order chi connectivity index (χ1) is 4.74. The molecule has 0 amide bonds. The number of hydrogen-bond acceptors (Lipinski definition) is 5. The molecule has 0 aliphatic carbocycles. The zero-order valence-electron chi connectivity index (χ0n) is 5.49. The van der Waals surface area contributed by atoms with Crippen molar-refractivity contribution in [2.75, 3.05) is 13.2 Å². The Morgan fingerprint density at radius 2 is 2.50 bits per heavy atom. The fraction of sp³-hybridized carbons (Fsp3) is 0.800. The van der Waals surface area contributed by atoms with E-state index < -0.39 is 6.10 Å². The predicted molar refractivity (Wildman–Crippen MR) is 36.5 cm³/mol. The van der Waals surface area contributed by atoms with Crippen molar-refractivity contribution in [3.05, 3.63) is 0 Å². The third-order valence-corrected chi connectivity index (χ3v) is 1.44. The van der Waals surface area contributed by atoms with Gasteiger partial charge in [0.15, 0.2) is 5.96 Å². The molecule has 0 radical (unpaired) electrons. The number of aliphatic hydroxyl groups is 2. The van der Waals surface area contributed by atoms with Gasteiger partial charge in [0.05, 0.1) is 25.3 Å². The molecule has 1 heterocycles. The van der Waals surface area contributed by atoms with Crippen molar-refractivity contribution in [1.82, 2.24) is 5.32 Å². The molecule has 5 N–H and O–H groups in total. The van der Waals surface area contributed by atoms with Gasteiger partial charge >= 0.3 is 0 Å². The molecule has 0 aromatic rings. The fourth-order valence-corrected chi connectivity index (χ4v) is 0.818. The fourth-order valence-electron chi connectivity index (χ4n) is 0.818. The van der Waals surface area contributed by atoms with Crippen molar-refractivity contribution in [1.29, 1.82) is 0 Å². The lowest BCUT2D eigenvalue weighted by Gasteiger charge is -2.25. The number of guanidine groups is 1. The highest BCUT2D eigenvalue weighted by Crippen LogP contribution is 1.97. The van der Waals surface area contributed by atoms with Crippen LogP contribution in [0.1, 0.15) is 0 Å². The molecule has 0 saturated heterocycles. The van der Waals surface area contributed by atoms with Crippen molar-refractivity contribution < 1.29 is 10.2 Å². The van der Waals surface area contributed by atoms with Crippen LogP contribution in [0.4, 0.5) is 0 Å². The summed E-state index contributed by atoms with van der Waals surface area (Å²) >= 11 is 0. The minimum atomic E-state index is -0.628. The van der Waals surface area contributed by atoms with Gasteiger partial charge in [-0.2, -0.15) is 0 Å². The average molecular weight is 145 g/mol.